The molecule has 0 N–H and O–H groups in total. The predicted octanol–water partition coefficient (Wildman–Crippen LogP) is 2.60. The van der Waals surface area contributed by atoms with Crippen LogP contribution in [0.3, 0.4) is 0 Å². The Kier molecular flexibility index (Phi) is 4.65. The molecule has 2 fully saturated rings. The van der Waals surface area contributed by atoms with E-state index in [-0.39, 0.29) is 18.1 Å². The van der Waals surface area contributed by atoms with Gasteiger partial charge >= 0.3 is 0 Å². The van der Waals surface area contributed by atoms with E-state index in [0.29, 0.717) is 31.1 Å². The van der Waals surface area contributed by atoms with Crippen molar-refractivity contribution in [2.24, 2.45) is 0 Å². The lowest BCUT2D eigenvalue weighted by atomic mass is 10.1. The molecule has 2 aromatic rings. The molecule has 0 unspecified atom stereocenters. The Hall–Kier alpha value is -2.41. The predicted molar refractivity (Wildman–Crippen MR) is 88.2 cm³/mol. The van der Waals surface area contributed by atoms with Gasteiger partial charge < -0.3 is 18.9 Å². The molecule has 1 aliphatic carbocycles. The van der Waals surface area contributed by atoms with Crippen LogP contribution in [-0.4, -0.2) is 46.8 Å². The second kappa shape index (κ2) is 7.23. The first-order valence-corrected chi connectivity index (χ1v) is 8.73. The van der Waals surface area contributed by atoms with E-state index in [1.54, 1.807) is 4.90 Å². The fourth-order valence-electron chi connectivity index (χ4n) is 3.45. The Balaban J connectivity index is 1.52. The summed E-state index contributed by atoms with van der Waals surface area (Å²) in [6.45, 7) is 1.35. The van der Waals surface area contributed by atoms with E-state index in [0.717, 1.165) is 18.6 Å². The van der Waals surface area contributed by atoms with Crippen molar-refractivity contribution < 1.29 is 18.8 Å². The molecule has 0 radical (unpaired) electrons. The van der Waals surface area contributed by atoms with E-state index in [2.05, 4.69) is 10.1 Å². The summed E-state index contributed by atoms with van der Waals surface area (Å²) in [5.41, 5.74) is 0.603. The average Bonchev–Trinajstić information content (AvgIpc) is 3.35. The van der Waals surface area contributed by atoms with Gasteiger partial charge in [0.1, 0.15) is 11.8 Å². The van der Waals surface area contributed by atoms with Crippen molar-refractivity contribution in [1.82, 2.24) is 15.0 Å². The minimum absolute atomic E-state index is 0.0741. The number of benzene rings is 1. The van der Waals surface area contributed by atoms with Gasteiger partial charge in [-0.2, -0.15) is 4.98 Å². The van der Waals surface area contributed by atoms with Crippen LogP contribution in [-0.2, 0) is 4.74 Å². The molecule has 1 aliphatic heterocycles. The zero-order valence-electron chi connectivity index (χ0n) is 14.0. The highest BCUT2D eigenvalue weighted by Crippen LogP contribution is 2.27. The smallest absolute Gasteiger partial charge is 0.254 e. The van der Waals surface area contributed by atoms with Gasteiger partial charge in [-0.15, -0.1) is 0 Å². The maximum atomic E-state index is 13.0. The van der Waals surface area contributed by atoms with Gasteiger partial charge in [0.15, 0.2) is 5.82 Å². The first-order chi connectivity index (χ1) is 12.3. The van der Waals surface area contributed by atoms with Crippen LogP contribution in [0.5, 0.6) is 5.75 Å². The maximum absolute atomic E-state index is 13.0. The SMILES string of the molecule is O=C(c1cccc(OC2CCCC2)c1)N1CCOC[C@@H]1c1ncon1. The van der Waals surface area contributed by atoms with E-state index in [1.165, 1.54) is 19.2 Å². The largest absolute Gasteiger partial charge is 0.490 e. The number of carbonyl (C=O) groups is 1. The third kappa shape index (κ3) is 3.51. The van der Waals surface area contributed by atoms with Crippen molar-refractivity contribution in [1.29, 1.82) is 0 Å². The molecule has 0 spiro atoms. The van der Waals surface area contributed by atoms with E-state index < -0.39 is 0 Å². The average molecular weight is 343 g/mol. The van der Waals surface area contributed by atoms with Crippen molar-refractivity contribution in [3.8, 4) is 5.75 Å². The molecule has 4 rings (SSSR count). The van der Waals surface area contributed by atoms with Crippen molar-refractivity contribution in [2.45, 2.75) is 37.8 Å². The number of amides is 1. The standard InChI is InChI=1S/C18H21N3O4/c22-18(21-8-9-23-11-16(21)17-19-12-24-20-17)13-4-3-7-15(10-13)25-14-5-1-2-6-14/h3-4,7,10,12,14,16H,1-2,5-6,8-9,11H2/t16-/m1/s1. The lowest BCUT2D eigenvalue weighted by Gasteiger charge is -2.33. The molecule has 1 aromatic heterocycles. The lowest BCUT2D eigenvalue weighted by molar-refractivity contribution is -0.00579. The fourth-order valence-corrected chi connectivity index (χ4v) is 3.45. The highest BCUT2D eigenvalue weighted by molar-refractivity contribution is 5.95. The summed E-state index contributed by atoms with van der Waals surface area (Å²) in [6.07, 6.45) is 6.12. The Bertz CT molecular complexity index is 713. The van der Waals surface area contributed by atoms with Gasteiger partial charge in [0.05, 0.1) is 19.3 Å². The van der Waals surface area contributed by atoms with Gasteiger partial charge in [-0.3, -0.25) is 4.79 Å². The molecular weight excluding hydrogens is 322 g/mol. The quantitative estimate of drug-likeness (QED) is 0.849. The summed E-state index contributed by atoms with van der Waals surface area (Å²) in [5.74, 6) is 1.14. The summed E-state index contributed by atoms with van der Waals surface area (Å²) < 4.78 is 16.3. The molecular formula is C18H21N3O4. The number of ether oxygens (including phenoxy) is 2. The normalized spacial score (nSPS) is 21.4. The topological polar surface area (TPSA) is 77.7 Å². The number of morpholine rings is 1. The van der Waals surface area contributed by atoms with Crippen LogP contribution in [0.15, 0.2) is 35.2 Å². The minimum atomic E-state index is -0.334. The van der Waals surface area contributed by atoms with E-state index >= 15 is 0 Å². The first-order valence-electron chi connectivity index (χ1n) is 8.73. The van der Waals surface area contributed by atoms with Gasteiger partial charge in [-0.25, -0.2) is 0 Å². The van der Waals surface area contributed by atoms with E-state index in [9.17, 15) is 4.79 Å². The molecule has 1 amide bonds. The third-order valence-electron chi connectivity index (χ3n) is 4.75. The third-order valence-corrected chi connectivity index (χ3v) is 4.75. The van der Waals surface area contributed by atoms with Crippen LogP contribution in [0, 0.1) is 0 Å². The van der Waals surface area contributed by atoms with Gasteiger partial charge in [-0.05, 0) is 43.9 Å². The summed E-state index contributed by atoms with van der Waals surface area (Å²) in [5, 5.41) is 3.87. The zero-order valence-corrected chi connectivity index (χ0v) is 14.0. The monoisotopic (exact) mass is 343 g/mol. The second-order valence-electron chi connectivity index (χ2n) is 6.43. The Morgan fingerprint density at radius 3 is 2.96 bits per heavy atom. The number of aromatic nitrogens is 2. The zero-order chi connectivity index (χ0) is 17.1. The molecule has 1 saturated carbocycles. The number of hydrogen-bond donors (Lipinski definition) is 0. The molecule has 1 aromatic carbocycles. The first kappa shape index (κ1) is 16.1. The van der Waals surface area contributed by atoms with Gasteiger partial charge in [0.25, 0.3) is 5.91 Å². The van der Waals surface area contributed by atoms with Crippen molar-refractivity contribution in [2.75, 3.05) is 19.8 Å². The lowest BCUT2D eigenvalue weighted by Crippen LogP contribution is -2.43. The Morgan fingerprint density at radius 1 is 1.28 bits per heavy atom. The van der Waals surface area contributed by atoms with Gasteiger partial charge in [0.2, 0.25) is 6.39 Å². The Labute approximate surface area is 145 Å². The van der Waals surface area contributed by atoms with Crippen molar-refractivity contribution in [3.05, 3.63) is 42.0 Å². The molecule has 1 atom stereocenters. The van der Waals surface area contributed by atoms with Crippen LogP contribution in [0.2, 0.25) is 0 Å². The molecule has 1 saturated heterocycles. The molecule has 25 heavy (non-hydrogen) atoms. The number of hydrogen-bond acceptors (Lipinski definition) is 6. The molecule has 0 bridgehead atoms. The van der Waals surface area contributed by atoms with Crippen LogP contribution in [0.4, 0.5) is 0 Å². The Morgan fingerprint density at radius 2 is 2.16 bits per heavy atom. The fraction of sp³-hybridized carbons (Fsp3) is 0.500. The molecule has 7 heteroatoms. The van der Waals surface area contributed by atoms with Crippen LogP contribution < -0.4 is 4.74 Å². The van der Waals surface area contributed by atoms with E-state index in [1.807, 2.05) is 24.3 Å². The summed E-state index contributed by atoms with van der Waals surface area (Å²) >= 11 is 0. The number of carbonyl (C=O) groups excluding carboxylic acids is 1. The summed E-state index contributed by atoms with van der Waals surface area (Å²) in [6, 6.07) is 7.07. The van der Waals surface area contributed by atoms with Crippen LogP contribution >= 0.6 is 0 Å². The molecule has 2 aliphatic rings. The maximum Gasteiger partial charge on any atom is 0.254 e. The number of nitrogens with zero attached hydrogens (tertiary/aromatic N) is 3. The summed E-state index contributed by atoms with van der Waals surface area (Å²) in [7, 11) is 0. The van der Waals surface area contributed by atoms with Crippen LogP contribution in [0.1, 0.15) is 47.9 Å². The highest BCUT2D eigenvalue weighted by Gasteiger charge is 2.32. The number of rotatable bonds is 4. The van der Waals surface area contributed by atoms with E-state index in [4.69, 9.17) is 14.0 Å². The second-order valence-corrected chi connectivity index (χ2v) is 6.43. The van der Waals surface area contributed by atoms with Crippen molar-refractivity contribution >= 4 is 5.91 Å². The van der Waals surface area contributed by atoms with Crippen molar-refractivity contribution in [3.63, 3.8) is 0 Å². The molecule has 7 nitrogen and oxygen atoms in total. The summed E-state index contributed by atoms with van der Waals surface area (Å²) in [4.78, 5) is 18.8. The highest BCUT2D eigenvalue weighted by atomic mass is 16.5. The molecule has 132 valence electrons. The van der Waals surface area contributed by atoms with Gasteiger partial charge in [0, 0.05) is 12.1 Å². The molecule has 2 heterocycles. The minimum Gasteiger partial charge on any atom is -0.490 e. The van der Waals surface area contributed by atoms with Gasteiger partial charge in [-0.1, -0.05) is 11.2 Å². The van der Waals surface area contributed by atoms with Crippen LogP contribution in [0.25, 0.3) is 0 Å².